The summed E-state index contributed by atoms with van der Waals surface area (Å²) in [7, 11) is 0. The largest absolute Gasteiger partial charge is 0.439 e. The standard InChI is InChI=1S/C12H13ClN2O2/c1-2-10-11(7-16)14-15-12(10)17-9-5-3-4-8(13)6-9/h3-6,16H,2,7H2,1H3,(H,14,15). The number of aliphatic hydroxyl groups is 1. The number of aromatic nitrogens is 2. The third kappa shape index (κ3) is 2.60. The maximum atomic E-state index is 9.11. The van der Waals surface area contributed by atoms with Gasteiger partial charge in [-0.25, -0.2) is 5.10 Å². The molecule has 0 spiro atoms. The summed E-state index contributed by atoms with van der Waals surface area (Å²) in [4.78, 5) is 0. The van der Waals surface area contributed by atoms with Crippen LogP contribution in [0.15, 0.2) is 24.3 Å². The lowest BCUT2D eigenvalue weighted by Gasteiger charge is -2.05. The van der Waals surface area contributed by atoms with E-state index in [0.717, 1.165) is 12.0 Å². The molecule has 1 heterocycles. The highest BCUT2D eigenvalue weighted by molar-refractivity contribution is 6.30. The van der Waals surface area contributed by atoms with Gasteiger partial charge in [0.25, 0.3) is 0 Å². The molecule has 0 unspecified atom stereocenters. The summed E-state index contributed by atoms with van der Waals surface area (Å²) < 4.78 is 5.65. The predicted octanol–water partition coefficient (Wildman–Crippen LogP) is 2.91. The van der Waals surface area contributed by atoms with E-state index in [-0.39, 0.29) is 6.61 Å². The van der Waals surface area contributed by atoms with Crippen LogP contribution in [0.25, 0.3) is 0 Å². The van der Waals surface area contributed by atoms with E-state index in [4.69, 9.17) is 21.4 Å². The lowest BCUT2D eigenvalue weighted by atomic mass is 10.2. The van der Waals surface area contributed by atoms with Crippen molar-refractivity contribution in [3.05, 3.63) is 40.5 Å². The number of hydrogen-bond donors (Lipinski definition) is 2. The Labute approximate surface area is 104 Å². The Morgan fingerprint density at radius 1 is 1.47 bits per heavy atom. The number of aromatic amines is 1. The molecule has 4 nitrogen and oxygen atoms in total. The zero-order chi connectivity index (χ0) is 12.3. The van der Waals surface area contributed by atoms with Gasteiger partial charge in [0.2, 0.25) is 5.88 Å². The van der Waals surface area contributed by atoms with Crippen molar-refractivity contribution in [3.63, 3.8) is 0 Å². The smallest absolute Gasteiger partial charge is 0.218 e. The molecule has 5 heteroatoms. The summed E-state index contributed by atoms with van der Waals surface area (Å²) in [6.45, 7) is 1.88. The molecule has 0 saturated heterocycles. The van der Waals surface area contributed by atoms with Crippen LogP contribution in [-0.2, 0) is 13.0 Å². The first-order chi connectivity index (χ1) is 8.24. The summed E-state index contributed by atoms with van der Waals surface area (Å²) in [5.41, 5.74) is 1.50. The van der Waals surface area contributed by atoms with Crippen LogP contribution in [0.5, 0.6) is 11.6 Å². The Morgan fingerprint density at radius 2 is 2.29 bits per heavy atom. The van der Waals surface area contributed by atoms with Gasteiger partial charge in [-0.05, 0) is 24.6 Å². The van der Waals surface area contributed by atoms with Crippen LogP contribution < -0.4 is 4.74 Å². The lowest BCUT2D eigenvalue weighted by Crippen LogP contribution is -1.92. The SMILES string of the molecule is CCc1c(CO)n[nH]c1Oc1cccc(Cl)c1. The van der Waals surface area contributed by atoms with E-state index < -0.39 is 0 Å². The third-order valence-corrected chi connectivity index (χ3v) is 2.67. The van der Waals surface area contributed by atoms with E-state index >= 15 is 0 Å². The van der Waals surface area contributed by atoms with Gasteiger partial charge in [-0.2, -0.15) is 5.10 Å². The molecule has 1 aromatic heterocycles. The fourth-order valence-electron chi connectivity index (χ4n) is 1.61. The van der Waals surface area contributed by atoms with Crippen molar-refractivity contribution in [1.29, 1.82) is 0 Å². The number of nitrogens with zero attached hydrogens (tertiary/aromatic N) is 1. The van der Waals surface area contributed by atoms with E-state index in [1.54, 1.807) is 12.1 Å². The van der Waals surface area contributed by atoms with Gasteiger partial charge >= 0.3 is 0 Å². The van der Waals surface area contributed by atoms with Gasteiger partial charge in [-0.1, -0.05) is 24.6 Å². The van der Waals surface area contributed by atoms with Crippen LogP contribution in [-0.4, -0.2) is 15.3 Å². The fourth-order valence-corrected chi connectivity index (χ4v) is 1.79. The van der Waals surface area contributed by atoms with Crippen molar-refractivity contribution >= 4 is 11.6 Å². The summed E-state index contributed by atoms with van der Waals surface area (Å²) in [5.74, 6) is 1.19. The minimum absolute atomic E-state index is 0.0986. The van der Waals surface area contributed by atoms with Crippen LogP contribution >= 0.6 is 11.6 Å². The van der Waals surface area contributed by atoms with Crippen molar-refractivity contribution in [1.82, 2.24) is 10.2 Å². The van der Waals surface area contributed by atoms with Crippen LogP contribution in [0.2, 0.25) is 5.02 Å². The summed E-state index contributed by atoms with van der Waals surface area (Å²) in [6, 6.07) is 7.12. The fraction of sp³-hybridized carbons (Fsp3) is 0.250. The predicted molar refractivity (Wildman–Crippen MR) is 65.4 cm³/mol. The lowest BCUT2D eigenvalue weighted by molar-refractivity contribution is 0.275. The minimum Gasteiger partial charge on any atom is -0.439 e. The Balaban J connectivity index is 2.27. The van der Waals surface area contributed by atoms with Gasteiger partial charge in [0.15, 0.2) is 0 Å². The molecular weight excluding hydrogens is 240 g/mol. The zero-order valence-corrected chi connectivity index (χ0v) is 10.2. The summed E-state index contributed by atoms with van der Waals surface area (Å²) in [5, 5.41) is 16.5. The summed E-state index contributed by atoms with van der Waals surface area (Å²) >= 11 is 5.87. The highest BCUT2D eigenvalue weighted by Crippen LogP contribution is 2.27. The van der Waals surface area contributed by atoms with Crippen LogP contribution in [0.3, 0.4) is 0 Å². The molecule has 0 amide bonds. The second-order valence-electron chi connectivity index (χ2n) is 3.55. The number of halogens is 1. The van der Waals surface area contributed by atoms with E-state index in [1.807, 2.05) is 19.1 Å². The van der Waals surface area contributed by atoms with Crippen molar-refractivity contribution in [2.24, 2.45) is 0 Å². The molecule has 0 fully saturated rings. The second kappa shape index (κ2) is 5.21. The summed E-state index contributed by atoms with van der Waals surface area (Å²) in [6.07, 6.45) is 0.738. The average molecular weight is 253 g/mol. The molecule has 2 N–H and O–H groups in total. The number of rotatable bonds is 4. The number of ether oxygens (including phenoxy) is 1. The molecule has 90 valence electrons. The molecule has 2 rings (SSSR count). The van der Waals surface area contributed by atoms with Crippen molar-refractivity contribution in [2.75, 3.05) is 0 Å². The zero-order valence-electron chi connectivity index (χ0n) is 9.40. The van der Waals surface area contributed by atoms with Crippen molar-refractivity contribution in [3.8, 4) is 11.6 Å². The molecule has 0 radical (unpaired) electrons. The number of benzene rings is 1. The molecule has 0 atom stereocenters. The molecule has 0 aliphatic heterocycles. The highest BCUT2D eigenvalue weighted by atomic mass is 35.5. The van der Waals surface area contributed by atoms with E-state index in [1.165, 1.54) is 0 Å². The van der Waals surface area contributed by atoms with E-state index in [9.17, 15) is 0 Å². The molecule has 0 saturated carbocycles. The normalized spacial score (nSPS) is 10.5. The van der Waals surface area contributed by atoms with Gasteiger partial charge in [0.1, 0.15) is 5.75 Å². The number of hydrogen-bond acceptors (Lipinski definition) is 3. The minimum atomic E-state index is -0.0986. The first kappa shape index (κ1) is 12.0. The quantitative estimate of drug-likeness (QED) is 0.880. The van der Waals surface area contributed by atoms with Gasteiger partial charge < -0.3 is 9.84 Å². The monoisotopic (exact) mass is 252 g/mol. The van der Waals surface area contributed by atoms with Crippen molar-refractivity contribution < 1.29 is 9.84 Å². The Morgan fingerprint density at radius 3 is 2.94 bits per heavy atom. The molecule has 0 bridgehead atoms. The molecular formula is C12H13ClN2O2. The molecule has 1 aromatic carbocycles. The maximum absolute atomic E-state index is 9.11. The van der Waals surface area contributed by atoms with E-state index in [0.29, 0.717) is 22.3 Å². The van der Waals surface area contributed by atoms with Crippen molar-refractivity contribution in [2.45, 2.75) is 20.0 Å². The number of aliphatic hydroxyl groups excluding tert-OH is 1. The first-order valence-corrected chi connectivity index (χ1v) is 5.72. The number of H-pyrrole nitrogens is 1. The topological polar surface area (TPSA) is 58.1 Å². The average Bonchev–Trinajstić information content (AvgIpc) is 2.71. The van der Waals surface area contributed by atoms with Crippen LogP contribution in [0.1, 0.15) is 18.2 Å². The Hall–Kier alpha value is -1.52. The van der Waals surface area contributed by atoms with Gasteiger partial charge in [0, 0.05) is 10.6 Å². The molecule has 0 aliphatic rings. The molecule has 0 aliphatic carbocycles. The molecule has 2 aromatic rings. The third-order valence-electron chi connectivity index (χ3n) is 2.43. The first-order valence-electron chi connectivity index (χ1n) is 5.35. The van der Waals surface area contributed by atoms with Crippen LogP contribution in [0, 0.1) is 0 Å². The second-order valence-corrected chi connectivity index (χ2v) is 3.99. The Kier molecular flexibility index (Phi) is 3.66. The van der Waals surface area contributed by atoms with E-state index in [2.05, 4.69) is 10.2 Å². The molecule has 17 heavy (non-hydrogen) atoms. The maximum Gasteiger partial charge on any atom is 0.218 e. The Bertz CT molecular complexity index is 511. The van der Waals surface area contributed by atoms with Gasteiger partial charge in [0.05, 0.1) is 12.3 Å². The van der Waals surface area contributed by atoms with Gasteiger partial charge in [-0.15, -0.1) is 0 Å². The van der Waals surface area contributed by atoms with Crippen LogP contribution in [0.4, 0.5) is 0 Å². The number of nitrogens with one attached hydrogen (secondary N) is 1. The van der Waals surface area contributed by atoms with Gasteiger partial charge in [-0.3, -0.25) is 0 Å². The highest BCUT2D eigenvalue weighted by Gasteiger charge is 2.12.